The Kier molecular flexibility index (Phi) is 55.7. The summed E-state index contributed by atoms with van der Waals surface area (Å²) in [6.45, 7) is 4.09. The fourth-order valence-corrected chi connectivity index (χ4v) is 10.5. The number of aliphatic hydroxyl groups excluding tert-OH is 5. The van der Waals surface area contributed by atoms with Crippen molar-refractivity contribution in [1.82, 2.24) is 5.32 Å². The fourth-order valence-electron chi connectivity index (χ4n) is 10.5. The van der Waals surface area contributed by atoms with Crippen LogP contribution in [0.1, 0.15) is 309 Å². The molecule has 1 aliphatic rings. The molecule has 0 radical (unpaired) electrons. The van der Waals surface area contributed by atoms with E-state index in [4.69, 9.17) is 14.2 Å². The molecule has 1 saturated heterocycles. The highest BCUT2D eigenvalue weighted by molar-refractivity contribution is 5.76. The van der Waals surface area contributed by atoms with E-state index in [0.29, 0.717) is 19.4 Å². The summed E-state index contributed by atoms with van der Waals surface area (Å²) in [5, 5.41) is 54.2. The van der Waals surface area contributed by atoms with Crippen molar-refractivity contribution in [2.45, 2.75) is 352 Å². The lowest BCUT2D eigenvalue weighted by Gasteiger charge is -2.40. The molecule has 0 aliphatic carbocycles. The van der Waals surface area contributed by atoms with Crippen LogP contribution in [0.15, 0.2) is 60.8 Å². The van der Waals surface area contributed by atoms with Crippen molar-refractivity contribution in [2.75, 3.05) is 19.8 Å². The lowest BCUT2D eigenvalue weighted by molar-refractivity contribution is -0.302. The number of rotatable bonds is 59. The highest BCUT2D eigenvalue weighted by Crippen LogP contribution is 2.23. The Hall–Kier alpha value is -2.64. The number of unbranched alkanes of at least 4 members (excludes halogenated alkanes) is 38. The van der Waals surface area contributed by atoms with Gasteiger partial charge in [0.2, 0.25) is 5.91 Å². The lowest BCUT2D eigenvalue weighted by atomic mass is 9.99. The van der Waals surface area contributed by atoms with Gasteiger partial charge in [0.25, 0.3) is 0 Å². The molecule has 0 spiro atoms. The molecule has 0 aromatic heterocycles. The van der Waals surface area contributed by atoms with Crippen LogP contribution in [0.3, 0.4) is 0 Å². The molecular weight excluding hydrogens is 1010 g/mol. The molecule has 11 heteroatoms. The highest BCUT2D eigenvalue weighted by Gasteiger charge is 2.44. The van der Waals surface area contributed by atoms with Crippen LogP contribution >= 0.6 is 0 Å². The topological polar surface area (TPSA) is 175 Å². The molecule has 1 fully saturated rings. The standard InChI is InChI=1S/C70H127NO10/c1-3-5-7-9-11-13-14-15-35-38-42-46-50-54-58-66(75)79-59-55-51-47-43-39-36-33-31-29-27-25-23-21-19-17-16-18-20-22-24-26-28-30-32-34-37-41-45-49-53-57-65(74)71-62(63(73)56-52-48-44-40-12-10-8-6-4-2)61-80-70-69(78)68(77)67(76)64(60-72)81-70/h4,6,12,14-15,17,19,40,52,56,62-64,67-70,72-73,76-78H,3,5,7-11,13,16,18,20-39,41-51,53-55,57-61H2,1-2H3,(H,71,74)/b6-4+,15-14-,19-17-,40-12+,56-52+. The van der Waals surface area contributed by atoms with Crippen molar-refractivity contribution in [3.63, 3.8) is 0 Å². The molecule has 11 nitrogen and oxygen atoms in total. The normalized spacial score (nSPS) is 18.6. The lowest BCUT2D eigenvalue weighted by Crippen LogP contribution is -2.60. The number of aliphatic hydroxyl groups is 5. The van der Waals surface area contributed by atoms with E-state index in [2.05, 4.69) is 54.8 Å². The van der Waals surface area contributed by atoms with Gasteiger partial charge in [-0.05, 0) is 103 Å². The third kappa shape index (κ3) is 48.3. The summed E-state index contributed by atoms with van der Waals surface area (Å²) in [6, 6.07) is -0.833. The molecule has 1 heterocycles. The van der Waals surface area contributed by atoms with Crippen LogP contribution < -0.4 is 5.32 Å². The minimum atomic E-state index is -1.58. The largest absolute Gasteiger partial charge is 0.466 e. The Morgan fingerprint density at radius 2 is 0.852 bits per heavy atom. The number of carbonyl (C=O) groups is 2. The smallest absolute Gasteiger partial charge is 0.305 e. The van der Waals surface area contributed by atoms with Gasteiger partial charge in [-0.3, -0.25) is 9.59 Å². The second-order valence-corrected chi connectivity index (χ2v) is 23.5. The Morgan fingerprint density at radius 1 is 0.469 bits per heavy atom. The van der Waals surface area contributed by atoms with E-state index in [-0.39, 0.29) is 18.5 Å². The van der Waals surface area contributed by atoms with Gasteiger partial charge >= 0.3 is 5.97 Å². The van der Waals surface area contributed by atoms with Crippen LogP contribution in [-0.4, -0.2) is 100 Å². The number of amides is 1. The van der Waals surface area contributed by atoms with E-state index in [1.807, 2.05) is 19.1 Å². The van der Waals surface area contributed by atoms with Crippen molar-refractivity contribution in [2.24, 2.45) is 0 Å². The molecule has 0 saturated carbocycles. The highest BCUT2D eigenvalue weighted by atomic mass is 16.7. The minimum absolute atomic E-state index is 0.000612. The fraction of sp³-hybridized carbons (Fsp3) is 0.829. The van der Waals surface area contributed by atoms with Gasteiger partial charge in [0, 0.05) is 12.8 Å². The van der Waals surface area contributed by atoms with E-state index in [1.54, 1.807) is 6.08 Å². The number of carbonyl (C=O) groups excluding carboxylic acids is 2. The SMILES string of the molecule is C/C=C/CC/C=C/CC/C=C/C(O)C(COC1OC(CO)C(O)C(O)C1O)NC(=O)CCCCCCCCCCCCCCCC/C=C\CCCCCCCCCCCCCCOC(=O)CCCCCCC/C=C\CCCCCCC. The number of allylic oxidation sites excluding steroid dienone is 9. The summed E-state index contributed by atoms with van der Waals surface area (Å²) in [7, 11) is 0. The zero-order chi connectivity index (χ0) is 58.7. The maximum Gasteiger partial charge on any atom is 0.305 e. The van der Waals surface area contributed by atoms with Crippen molar-refractivity contribution in [1.29, 1.82) is 0 Å². The van der Waals surface area contributed by atoms with Crippen molar-refractivity contribution < 1.29 is 49.3 Å². The number of ether oxygens (including phenoxy) is 3. The van der Waals surface area contributed by atoms with Crippen LogP contribution in [0.4, 0.5) is 0 Å². The summed E-state index contributed by atoms with van der Waals surface area (Å²) < 4.78 is 16.7. The molecule has 6 N–H and O–H groups in total. The van der Waals surface area contributed by atoms with Gasteiger partial charge in [0.05, 0.1) is 32.0 Å². The number of hydrogen-bond acceptors (Lipinski definition) is 10. The maximum absolute atomic E-state index is 13.0. The van der Waals surface area contributed by atoms with Crippen LogP contribution in [0, 0.1) is 0 Å². The molecule has 0 bridgehead atoms. The number of esters is 1. The maximum atomic E-state index is 13.0. The molecule has 1 rings (SSSR count). The Balaban J connectivity index is 1.93. The number of hydrogen-bond donors (Lipinski definition) is 6. The average Bonchev–Trinajstić information content (AvgIpc) is 3.50. The van der Waals surface area contributed by atoms with E-state index in [9.17, 15) is 35.1 Å². The third-order valence-corrected chi connectivity index (χ3v) is 15.9. The average molecular weight is 1140 g/mol. The quantitative estimate of drug-likeness (QED) is 0.0195. The summed E-state index contributed by atoms with van der Waals surface area (Å²) in [5.74, 6) is -0.199. The van der Waals surface area contributed by atoms with Crippen LogP contribution in [0.25, 0.3) is 0 Å². The Bertz CT molecular complexity index is 1530. The van der Waals surface area contributed by atoms with Crippen LogP contribution in [-0.2, 0) is 23.8 Å². The minimum Gasteiger partial charge on any atom is -0.466 e. The van der Waals surface area contributed by atoms with Gasteiger partial charge in [-0.15, -0.1) is 0 Å². The number of nitrogens with one attached hydrogen (secondary N) is 1. The first-order chi connectivity index (χ1) is 39.7. The van der Waals surface area contributed by atoms with E-state index in [0.717, 1.165) is 64.2 Å². The van der Waals surface area contributed by atoms with Gasteiger partial charge in [-0.1, -0.05) is 254 Å². The summed E-state index contributed by atoms with van der Waals surface area (Å²) in [6.07, 6.45) is 68.2. The van der Waals surface area contributed by atoms with Crippen molar-refractivity contribution >= 4 is 11.9 Å². The van der Waals surface area contributed by atoms with Gasteiger partial charge in [-0.2, -0.15) is 0 Å². The second kappa shape index (κ2) is 59.1. The third-order valence-electron chi connectivity index (χ3n) is 15.9. The first-order valence-electron chi connectivity index (χ1n) is 34.0. The molecule has 7 atom stereocenters. The summed E-state index contributed by atoms with van der Waals surface area (Å²) >= 11 is 0. The Morgan fingerprint density at radius 3 is 1.30 bits per heavy atom. The predicted octanol–water partition coefficient (Wildman–Crippen LogP) is 17.0. The van der Waals surface area contributed by atoms with Gasteiger partial charge in [0.15, 0.2) is 6.29 Å². The molecular formula is C70H127NO10. The van der Waals surface area contributed by atoms with Crippen LogP contribution in [0.2, 0.25) is 0 Å². The first-order valence-corrected chi connectivity index (χ1v) is 34.0. The predicted molar refractivity (Wildman–Crippen MR) is 338 cm³/mol. The van der Waals surface area contributed by atoms with Crippen LogP contribution in [0.5, 0.6) is 0 Å². The van der Waals surface area contributed by atoms with Crippen molar-refractivity contribution in [3.05, 3.63) is 60.8 Å². The molecule has 0 aromatic carbocycles. The molecule has 7 unspecified atom stereocenters. The first kappa shape index (κ1) is 76.4. The summed E-state index contributed by atoms with van der Waals surface area (Å²) in [4.78, 5) is 25.1. The second-order valence-electron chi connectivity index (χ2n) is 23.5. The molecule has 1 aliphatic heterocycles. The van der Waals surface area contributed by atoms with Crippen molar-refractivity contribution in [3.8, 4) is 0 Å². The van der Waals surface area contributed by atoms with Gasteiger partial charge in [-0.25, -0.2) is 0 Å². The summed E-state index contributed by atoms with van der Waals surface area (Å²) in [5.41, 5.74) is 0. The molecule has 472 valence electrons. The van der Waals surface area contributed by atoms with E-state index < -0.39 is 49.5 Å². The zero-order valence-electron chi connectivity index (χ0n) is 52.2. The zero-order valence-corrected chi connectivity index (χ0v) is 52.2. The molecule has 81 heavy (non-hydrogen) atoms. The van der Waals surface area contributed by atoms with Gasteiger partial charge in [0.1, 0.15) is 24.4 Å². The van der Waals surface area contributed by atoms with Gasteiger partial charge < -0.3 is 45.1 Å². The monoisotopic (exact) mass is 1140 g/mol. The Labute approximate surface area is 497 Å². The van der Waals surface area contributed by atoms with E-state index in [1.165, 1.54) is 218 Å². The van der Waals surface area contributed by atoms with E-state index >= 15 is 0 Å². The molecule has 0 aromatic rings. The molecule has 1 amide bonds.